The fourth-order valence-electron chi connectivity index (χ4n) is 1.95. The third-order valence-corrected chi connectivity index (χ3v) is 3.14. The van der Waals surface area contributed by atoms with Crippen LogP contribution in [-0.2, 0) is 20.9 Å². The third-order valence-electron chi connectivity index (χ3n) is 3.14. The zero-order chi connectivity index (χ0) is 17.1. The monoisotopic (exact) mass is 315 g/mol. The SMILES string of the molecule is C=C(N)/C=C(\C=C(/CCCC)C(=O)OC)OCc1ccccc1. The lowest BCUT2D eigenvalue weighted by Gasteiger charge is -2.10. The zero-order valence-corrected chi connectivity index (χ0v) is 13.9. The van der Waals surface area contributed by atoms with Crippen LogP contribution in [0.2, 0.25) is 0 Å². The van der Waals surface area contributed by atoms with Crippen molar-refractivity contribution in [3.63, 3.8) is 0 Å². The lowest BCUT2D eigenvalue weighted by atomic mass is 10.1. The molecule has 4 heteroatoms. The van der Waals surface area contributed by atoms with E-state index in [1.165, 1.54) is 7.11 Å². The van der Waals surface area contributed by atoms with Crippen molar-refractivity contribution in [1.82, 2.24) is 0 Å². The van der Waals surface area contributed by atoms with Gasteiger partial charge in [0.1, 0.15) is 12.4 Å². The summed E-state index contributed by atoms with van der Waals surface area (Å²) in [6.45, 7) is 6.12. The number of ether oxygens (including phenoxy) is 2. The van der Waals surface area contributed by atoms with E-state index in [0.29, 0.717) is 30.1 Å². The first-order valence-corrected chi connectivity index (χ1v) is 7.68. The number of unbranched alkanes of at least 4 members (excludes halogenated alkanes) is 1. The molecular weight excluding hydrogens is 290 g/mol. The second kappa shape index (κ2) is 10.3. The van der Waals surface area contributed by atoms with E-state index in [0.717, 1.165) is 18.4 Å². The number of carbonyl (C=O) groups excluding carboxylic acids is 1. The van der Waals surface area contributed by atoms with Crippen molar-refractivity contribution in [1.29, 1.82) is 0 Å². The van der Waals surface area contributed by atoms with Gasteiger partial charge >= 0.3 is 5.97 Å². The molecule has 0 heterocycles. The van der Waals surface area contributed by atoms with Crippen molar-refractivity contribution in [3.05, 3.63) is 71.7 Å². The van der Waals surface area contributed by atoms with Gasteiger partial charge in [-0.25, -0.2) is 4.79 Å². The highest BCUT2D eigenvalue weighted by Gasteiger charge is 2.11. The molecule has 0 spiro atoms. The summed E-state index contributed by atoms with van der Waals surface area (Å²) < 4.78 is 10.6. The minimum atomic E-state index is -0.352. The molecule has 0 aliphatic heterocycles. The van der Waals surface area contributed by atoms with Gasteiger partial charge in [-0.3, -0.25) is 0 Å². The maximum absolute atomic E-state index is 11.9. The average molecular weight is 315 g/mol. The molecule has 0 radical (unpaired) electrons. The van der Waals surface area contributed by atoms with Crippen molar-refractivity contribution in [3.8, 4) is 0 Å². The van der Waals surface area contributed by atoms with Gasteiger partial charge in [0.15, 0.2) is 0 Å². The summed E-state index contributed by atoms with van der Waals surface area (Å²) in [5, 5.41) is 0. The van der Waals surface area contributed by atoms with Crippen LogP contribution >= 0.6 is 0 Å². The number of allylic oxidation sites excluding steroid dienone is 2. The summed E-state index contributed by atoms with van der Waals surface area (Å²) in [4.78, 5) is 11.9. The van der Waals surface area contributed by atoms with Crippen LogP contribution in [0.1, 0.15) is 31.7 Å². The fourth-order valence-corrected chi connectivity index (χ4v) is 1.95. The Hall–Kier alpha value is -2.49. The van der Waals surface area contributed by atoms with Gasteiger partial charge in [-0.1, -0.05) is 50.3 Å². The molecule has 124 valence electrons. The maximum Gasteiger partial charge on any atom is 0.333 e. The largest absolute Gasteiger partial charge is 0.489 e. The maximum atomic E-state index is 11.9. The fraction of sp³-hybridized carbons (Fsp3) is 0.316. The van der Waals surface area contributed by atoms with E-state index in [1.54, 1.807) is 12.2 Å². The summed E-state index contributed by atoms with van der Waals surface area (Å²) in [5.41, 5.74) is 7.61. The van der Waals surface area contributed by atoms with Crippen molar-refractivity contribution in [2.45, 2.75) is 32.8 Å². The molecule has 0 bridgehead atoms. The molecule has 0 saturated carbocycles. The normalized spacial score (nSPS) is 11.9. The van der Waals surface area contributed by atoms with Gasteiger partial charge in [-0.05, 0) is 24.5 Å². The smallest absolute Gasteiger partial charge is 0.333 e. The number of nitrogens with two attached hydrogens (primary N) is 1. The van der Waals surface area contributed by atoms with Crippen LogP contribution in [-0.4, -0.2) is 13.1 Å². The number of benzene rings is 1. The molecule has 4 nitrogen and oxygen atoms in total. The second-order valence-electron chi connectivity index (χ2n) is 5.16. The summed E-state index contributed by atoms with van der Waals surface area (Å²) in [5.74, 6) is 0.146. The van der Waals surface area contributed by atoms with E-state index < -0.39 is 0 Å². The Morgan fingerprint density at radius 2 is 1.96 bits per heavy atom. The average Bonchev–Trinajstić information content (AvgIpc) is 2.56. The summed E-state index contributed by atoms with van der Waals surface area (Å²) in [6.07, 6.45) is 5.81. The van der Waals surface area contributed by atoms with Crippen molar-refractivity contribution < 1.29 is 14.3 Å². The van der Waals surface area contributed by atoms with E-state index in [1.807, 2.05) is 30.3 Å². The van der Waals surface area contributed by atoms with Gasteiger partial charge in [0.25, 0.3) is 0 Å². The Morgan fingerprint density at radius 1 is 1.26 bits per heavy atom. The minimum Gasteiger partial charge on any atom is -0.489 e. The molecule has 2 N–H and O–H groups in total. The van der Waals surface area contributed by atoms with Gasteiger partial charge in [0.05, 0.1) is 7.11 Å². The summed E-state index contributed by atoms with van der Waals surface area (Å²) in [7, 11) is 1.37. The number of methoxy groups -OCH3 is 1. The van der Waals surface area contributed by atoms with Crippen LogP contribution in [0.15, 0.2) is 66.1 Å². The van der Waals surface area contributed by atoms with Gasteiger partial charge in [0.2, 0.25) is 0 Å². The number of esters is 1. The zero-order valence-electron chi connectivity index (χ0n) is 13.9. The molecule has 0 aromatic heterocycles. The molecule has 0 unspecified atom stereocenters. The highest BCUT2D eigenvalue weighted by Crippen LogP contribution is 2.15. The molecule has 23 heavy (non-hydrogen) atoms. The third kappa shape index (κ3) is 7.36. The molecule has 1 aromatic carbocycles. The van der Waals surface area contributed by atoms with Crippen LogP contribution in [0.25, 0.3) is 0 Å². The standard InChI is InChI=1S/C19H25NO3/c1-4-5-11-17(19(21)22-3)13-18(12-15(2)20)23-14-16-9-7-6-8-10-16/h6-10,12-13H,2,4-5,11,14,20H2,1,3H3/b17-13+,18-12+. The Labute approximate surface area is 138 Å². The molecule has 0 saturated heterocycles. The van der Waals surface area contributed by atoms with Gasteiger partial charge < -0.3 is 15.2 Å². The van der Waals surface area contributed by atoms with E-state index >= 15 is 0 Å². The van der Waals surface area contributed by atoms with Gasteiger partial charge in [-0.2, -0.15) is 0 Å². The number of hydrogen-bond acceptors (Lipinski definition) is 4. The van der Waals surface area contributed by atoms with E-state index in [9.17, 15) is 4.79 Å². The second-order valence-corrected chi connectivity index (χ2v) is 5.16. The minimum absolute atomic E-state index is 0.352. The lowest BCUT2D eigenvalue weighted by Crippen LogP contribution is -2.06. The van der Waals surface area contributed by atoms with Crippen LogP contribution in [0, 0.1) is 0 Å². The molecule has 1 aromatic rings. The summed E-state index contributed by atoms with van der Waals surface area (Å²) in [6, 6.07) is 9.78. The predicted octanol–water partition coefficient (Wildman–Crippen LogP) is 3.85. The predicted molar refractivity (Wildman–Crippen MR) is 92.3 cm³/mol. The Balaban J connectivity index is 2.92. The van der Waals surface area contributed by atoms with E-state index in [4.69, 9.17) is 15.2 Å². The molecule has 0 fully saturated rings. The highest BCUT2D eigenvalue weighted by atomic mass is 16.5. The van der Waals surface area contributed by atoms with Crippen LogP contribution in [0.4, 0.5) is 0 Å². The lowest BCUT2D eigenvalue weighted by molar-refractivity contribution is -0.136. The first-order valence-electron chi connectivity index (χ1n) is 7.68. The van der Waals surface area contributed by atoms with E-state index in [-0.39, 0.29) is 5.97 Å². The molecule has 0 aliphatic rings. The molecule has 0 atom stereocenters. The number of hydrogen-bond donors (Lipinski definition) is 1. The first kappa shape index (κ1) is 18.6. The van der Waals surface area contributed by atoms with Crippen molar-refractivity contribution in [2.75, 3.05) is 7.11 Å². The first-order chi connectivity index (χ1) is 11.1. The molecule has 1 rings (SSSR count). The topological polar surface area (TPSA) is 61.6 Å². The number of carbonyl (C=O) groups is 1. The van der Waals surface area contributed by atoms with Gasteiger partial charge in [-0.15, -0.1) is 0 Å². The van der Waals surface area contributed by atoms with Gasteiger partial charge in [0, 0.05) is 17.3 Å². The Bertz CT molecular complexity index is 574. The quantitative estimate of drug-likeness (QED) is 0.325. The van der Waals surface area contributed by atoms with Crippen LogP contribution < -0.4 is 5.73 Å². The van der Waals surface area contributed by atoms with E-state index in [2.05, 4.69) is 13.5 Å². The van der Waals surface area contributed by atoms with Crippen molar-refractivity contribution >= 4 is 5.97 Å². The Kier molecular flexibility index (Phi) is 8.29. The summed E-state index contributed by atoms with van der Waals surface area (Å²) >= 11 is 0. The Morgan fingerprint density at radius 3 is 2.52 bits per heavy atom. The highest BCUT2D eigenvalue weighted by molar-refractivity contribution is 5.88. The van der Waals surface area contributed by atoms with Crippen molar-refractivity contribution in [2.24, 2.45) is 5.73 Å². The van der Waals surface area contributed by atoms with Crippen LogP contribution in [0.5, 0.6) is 0 Å². The number of rotatable bonds is 9. The molecule has 0 amide bonds. The molecular formula is C19H25NO3. The van der Waals surface area contributed by atoms with Crippen LogP contribution in [0.3, 0.4) is 0 Å². The molecule has 0 aliphatic carbocycles.